The lowest BCUT2D eigenvalue weighted by molar-refractivity contribution is 0.0236. The standard InChI is InChI=1S/C15H22N2O3S/c1-20-14-8-13(9-14)17-21(18,19)15-5-3-2-4-11(15)10-16-12-6-7-12/h2-5,12-14,16-17H,6-10H2,1H3. The van der Waals surface area contributed by atoms with Gasteiger partial charge in [0, 0.05) is 25.7 Å². The topological polar surface area (TPSA) is 67.4 Å². The van der Waals surface area contributed by atoms with Crippen LogP contribution in [0.25, 0.3) is 0 Å². The molecule has 2 aliphatic rings. The van der Waals surface area contributed by atoms with E-state index in [2.05, 4.69) is 10.0 Å². The molecule has 0 spiro atoms. The zero-order valence-corrected chi connectivity index (χ0v) is 13.0. The Morgan fingerprint density at radius 1 is 1.19 bits per heavy atom. The maximum atomic E-state index is 12.5. The highest BCUT2D eigenvalue weighted by Crippen LogP contribution is 2.26. The molecule has 0 saturated heterocycles. The highest BCUT2D eigenvalue weighted by Gasteiger charge is 2.33. The molecule has 0 aromatic heterocycles. The maximum absolute atomic E-state index is 12.5. The molecule has 2 fully saturated rings. The zero-order valence-electron chi connectivity index (χ0n) is 12.2. The maximum Gasteiger partial charge on any atom is 0.241 e. The predicted octanol–water partition coefficient (Wildman–Crippen LogP) is 1.39. The average molecular weight is 310 g/mol. The average Bonchev–Trinajstić information content (AvgIpc) is 3.24. The van der Waals surface area contributed by atoms with Crippen LogP contribution in [0.2, 0.25) is 0 Å². The third kappa shape index (κ3) is 3.63. The van der Waals surface area contributed by atoms with Crippen LogP contribution in [0.1, 0.15) is 31.2 Å². The van der Waals surface area contributed by atoms with Crippen molar-refractivity contribution in [1.82, 2.24) is 10.0 Å². The summed E-state index contributed by atoms with van der Waals surface area (Å²) in [6, 6.07) is 7.76. The Balaban J connectivity index is 1.68. The first kappa shape index (κ1) is 15.0. The smallest absolute Gasteiger partial charge is 0.241 e. The van der Waals surface area contributed by atoms with E-state index in [0.717, 1.165) is 18.4 Å². The van der Waals surface area contributed by atoms with Gasteiger partial charge < -0.3 is 10.1 Å². The summed E-state index contributed by atoms with van der Waals surface area (Å²) in [6.07, 6.45) is 4.06. The molecule has 6 heteroatoms. The van der Waals surface area contributed by atoms with Gasteiger partial charge in [0.05, 0.1) is 11.0 Å². The molecule has 1 aromatic carbocycles. The lowest BCUT2D eigenvalue weighted by Crippen LogP contribution is -2.47. The molecule has 5 nitrogen and oxygen atoms in total. The van der Waals surface area contributed by atoms with Crippen molar-refractivity contribution < 1.29 is 13.2 Å². The molecule has 2 aliphatic carbocycles. The molecule has 0 aliphatic heterocycles. The van der Waals surface area contributed by atoms with Crippen LogP contribution in [-0.2, 0) is 21.3 Å². The van der Waals surface area contributed by atoms with E-state index >= 15 is 0 Å². The van der Waals surface area contributed by atoms with Crippen LogP contribution in [0.5, 0.6) is 0 Å². The molecular weight excluding hydrogens is 288 g/mol. The van der Waals surface area contributed by atoms with Gasteiger partial charge in [-0.2, -0.15) is 0 Å². The van der Waals surface area contributed by atoms with Gasteiger partial charge in [-0.05, 0) is 37.3 Å². The largest absolute Gasteiger partial charge is 0.381 e. The van der Waals surface area contributed by atoms with Gasteiger partial charge >= 0.3 is 0 Å². The van der Waals surface area contributed by atoms with E-state index in [1.54, 1.807) is 19.2 Å². The van der Waals surface area contributed by atoms with Crippen molar-refractivity contribution in [3.8, 4) is 0 Å². The van der Waals surface area contributed by atoms with Gasteiger partial charge in [-0.1, -0.05) is 18.2 Å². The van der Waals surface area contributed by atoms with Crippen LogP contribution in [0.15, 0.2) is 29.2 Å². The van der Waals surface area contributed by atoms with E-state index in [0.29, 0.717) is 17.5 Å². The molecule has 2 saturated carbocycles. The fraction of sp³-hybridized carbons (Fsp3) is 0.600. The van der Waals surface area contributed by atoms with Gasteiger partial charge in [-0.25, -0.2) is 13.1 Å². The number of methoxy groups -OCH3 is 1. The van der Waals surface area contributed by atoms with Crippen molar-refractivity contribution in [2.75, 3.05) is 7.11 Å². The van der Waals surface area contributed by atoms with E-state index in [-0.39, 0.29) is 12.1 Å². The zero-order chi connectivity index (χ0) is 14.9. The monoisotopic (exact) mass is 310 g/mol. The summed E-state index contributed by atoms with van der Waals surface area (Å²) < 4.78 is 33.0. The molecule has 3 rings (SSSR count). The van der Waals surface area contributed by atoms with E-state index in [9.17, 15) is 8.42 Å². The first-order valence-corrected chi connectivity index (χ1v) is 8.93. The Morgan fingerprint density at radius 3 is 2.57 bits per heavy atom. The second-order valence-electron chi connectivity index (χ2n) is 5.91. The summed E-state index contributed by atoms with van der Waals surface area (Å²) in [6.45, 7) is 0.604. The highest BCUT2D eigenvalue weighted by atomic mass is 32.2. The molecule has 0 amide bonds. The Morgan fingerprint density at radius 2 is 1.90 bits per heavy atom. The quantitative estimate of drug-likeness (QED) is 0.799. The van der Waals surface area contributed by atoms with Crippen molar-refractivity contribution in [3.05, 3.63) is 29.8 Å². The fourth-order valence-electron chi connectivity index (χ4n) is 2.59. The minimum atomic E-state index is -3.46. The normalized spacial score (nSPS) is 25.6. The van der Waals surface area contributed by atoms with Crippen LogP contribution in [-0.4, -0.2) is 33.7 Å². The van der Waals surface area contributed by atoms with Gasteiger partial charge in [0.15, 0.2) is 0 Å². The molecule has 0 radical (unpaired) electrons. The minimum absolute atomic E-state index is 0.00982. The Kier molecular flexibility index (Phi) is 4.31. The number of hydrogen-bond donors (Lipinski definition) is 2. The Bertz CT molecular complexity index is 593. The molecule has 0 heterocycles. The number of rotatable bonds is 7. The van der Waals surface area contributed by atoms with E-state index in [4.69, 9.17) is 4.74 Å². The van der Waals surface area contributed by atoms with Crippen LogP contribution >= 0.6 is 0 Å². The number of ether oxygens (including phenoxy) is 1. The first-order chi connectivity index (χ1) is 10.1. The Hall–Kier alpha value is -0.950. The van der Waals surface area contributed by atoms with Gasteiger partial charge in [0.1, 0.15) is 0 Å². The third-order valence-corrected chi connectivity index (χ3v) is 5.79. The molecule has 21 heavy (non-hydrogen) atoms. The SMILES string of the molecule is COC1CC(NS(=O)(=O)c2ccccc2CNC2CC2)C1. The predicted molar refractivity (Wildman–Crippen MR) is 80.4 cm³/mol. The summed E-state index contributed by atoms with van der Waals surface area (Å²) in [7, 11) is -1.79. The molecule has 0 bridgehead atoms. The summed E-state index contributed by atoms with van der Waals surface area (Å²) in [5, 5.41) is 3.37. The van der Waals surface area contributed by atoms with Crippen LogP contribution < -0.4 is 10.0 Å². The molecule has 0 atom stereocenters. The summed E-state index contributed by atoms with van der Waals surface area (Å²) in [4.78, 5) is 0.388. The van der Waals surface area contributed by atoms with E-state index in [1.165, 1.54) is 12.8 Å². The molecule has 2 N–H and O–H groups in total. The number of nitrogens with one attached hydrogen (secondary N) is 2. The molecular formula is C15H22N2O3S. The van der Waals surface area contributed by atoms with Crippen molar-refractivity contribution in [3.63, 3.8) is 0 Å². The second kappa shape index (κ2) is 6.04. The fourth-order valence-corrected chi connectivity index (χ4v) is 4.09. The van der Waals surface area contributed by atoms with Crippen LogP contribution in [0.4, 0.5) is 0 Å². The van der Waals surface area contributed by atoms with Gasteiger partial charge in [0.25, 0.3) is 0 Å². The number of sulfonamides is 1. The lowest BCUT2D eigenvalue weighted by atomic mass is 9.90. The van der Waals surface area contributed by atoms with Gasteiger partial charge in [0.2, 0.25) is 10.0 Å². The lowest BCUT2D eigenvalue weighted by Gasteiger charge is -2.34. The van der Waals surface area contributed by atoms with Crippen LogP contribution in [0.3, 0.4) is 0 Å². The van der Waals surface area contributed by atoms with Crippen LogP contribution in [0, 0.1) is 0 Å². The summed E-state index contributed by atoms with van der Waals surface area (Å²) >= 11 is 0. The minimum Gasteiger partial charge on any atom is -0.381 e. The second-order valence-corrected chi connectivity index (χ2v) is 7.59. The summed E-state index contributed by atoms with van der Waals surface area (Å²) in [5.41, 5.74) is 0.833. The number of hydrogen-bond acceptors (Lipinski definition) is 4. The molecule has 116 valence electrons. The van der Waals surface area contributed by atoms with Crippen molar-refractivity contribution in [2.24, 2.45) is 0 Å². The van der Waals surface area contributed by atoms with Gasteiger partial charge in [-0.3, -0.25) is 0 Å². The van der Waals surface area contributed by atoms with Crippen molar-refractivity contribution in [1.29, 1.82) is 0 Å². The van der Waals surface area contributed by atoms with Crippen molar-refractivity contribution >= 4 is 10.0 Å². The van der Waals surface area contributed by atoms with Crippen molar-refractivity contribution in [2.45, 2.75) is 55.3 Å². The first-order valence-electron chi connectivity index (χ1n) is 7.45. The summed E-state index contributed by atoms with van der Waals surface area (Å²) in [5.74, 6) is 0. The van der Waals surface area contributed by atoms with Gasteiger partial charge in [-0.15, -0.1) is 0 Å². The highest BCUT2D eigenvalue weighted by molar-refractivity contribution is 7.89. The Labute approximate surface area is 126 Å². The molecule has 0 unspecified atom stereocenters. The third-order valence-electron chi connectivity index (χ3n) is 4.17. The number of benzene rings is 1. The molecule has 1 aromatic rings. The van der Waals surface area contributed by atoms with E-state index < -0.39 is 10.0 Å². The van der Waals surface area contributed by atoms with E-state index in [1.807, 2.05) is 12.1 Å².